The summed E-state index contributed by atoms with van der Waals surface area (Å²) < 4.78 is 7.70. The van der Waals surface area contributed by atoms with Crippen LogP contribution in [0, 0.1) is 0 Å². The van der Waals surface area contributed by atoms with Crippen LogP contribution in [0.2, 0.25) is 0 Å². The average Bonchev–Trinajstić information content (AvgIpc) is 3.32. The van der Waals surface area contributed by atoms with E-state index in [1.807, 2.05) is 55.1 Å². The third-order valence-electron chi connectivity index (χ3n) is 6.21. The Morgan fingerprint density at radius 1 is 0.882 bits per heavy atom. The van der Waals surface area contributed by atoms with Crippen LogP contribution >= 0.6 is 0 Å². The van der Waals surface area contributed by atoms with E-state index >= 15 is 0 Å². The molecular formula is C26H25N7O. The van der Waals surface area contributed by atoms with Gasteiger partial charge in [0.2, 0.25) is 0 Å². The largest absolute Gasteiger partial charge is 0.491 e. The summed E-state index contributed by atoms with van der Waals surface area (Å²) in [5.41, 5.74) is 5.53. The molecule has 1 aliphatic rings. The normalized spacial score (nSPS) is 14.6. The first-order valence-corrected chi connectivity index (χ1v) is 11.5. The molecule has 8 nitrogen and oxygen atoms in total. The highest BCUT2D eigenvalue weighted by atomic mass is 16.5. The van der Waals surface area contributed by atoms with Crippen molar-refractivity contribution in [2.45, 2.75) is 0 Å². The number of nitrogens with zero attached hydrogens (tertiary/aromatic N) is 6. The van der Waals surface area contributed by atoms with Gasteiger partial charge in [-0.2, -0.15) is 5.10 Å². The number of rotatable bonds is 6. The van der Waals surface area contributed by atoms with E-state index in [0.29, 0.717) is 6.61 Å². The van der Waals surface area contributed by atoms with Gasteiger partial charge in [-0.3, -0.25) is 14.9 Å². The predicted octanol–water partition coefficient (Wildman–Crippen LogP) is 3.29. The van der Waals surface area contributed by atoms with Crippen LogP contribution in [0.25, 0.3) is 38.9 Å². The van der Waals surface area contributed by atoms with Crippen LogP contribution in [0.1, 0.15) is 0 Å². The lowest BCUT2D eigenvalue weighted by Gasteiger charge is -2.26. The second kappa shape index (κ2) is 9.17. The third kappa shape index (κ3) is 4.09. The van der Waals surface area contributed by atoms with Crippen molar-refractivity contribution in [3.05, 3.63) is 73.4 Å². The number of piperazine rings is 1. The van der Waals surface area contributed by atoms with E-state index in [1.165, 1.54) is 0 Å². The van der Waals surface area contributed by atoms with Crippen molar-refractivity contribution >= 4 is 16.6 Å². The van der Waals surface area contributed by atoms with Crippen LogP contribution in [0.4, 0.5) is 0 Å². The number of fused-ring (bicyclic) bond motifs is 2. The summed E-state index contributed by atoms with van der Waals surface area (Å²) in [5.74, 6) is 0.777. The lowest BCUT2D eigenvalue weighted by atomic mass is 10.0. The van der Waals surface area contributed by atoms with E-state index in [-0.39, 0.29) is 0 Å². The third-order valence-corrected chi connectivity index (χ3v) is 6.21. The average molecular weight is 452 g/mol. The zero-order chi connectivity index (χ0) is 22.7. The lowest BCUT2D eigenvalue weighted by molar-refractivity contribution is 0.191. The maximum absolute atomic E-state index is 5.89. The Morgan fingerprint density at radius 2 is 1.82 bits per heavy atom. The standard InChI is InChI=1S/C26H25N7O/c1-3-21(22-4-2-8-28-25(22)5-1)23-17-31-33-18-19(15-30-26(23)33)24-7-6-20(16-29-24)34-14-13-32-11-9-27-10-12-32/h1-8,15-18,27H,9-14H2. The van der Waals surface area contributed by atoms with E-state index in [4.69, 9.17) is 9.72 Å². The molecule has 5 heterocycles. The first-order chi connectivity index (χ1) is 16.8. The number of hydrogen-bond acceptors (Lipinski definition) is 7. The van der Waals surface area contributed by atoms with Gasteiger partial charge in [-0.1, -0.05) is 18.2 Å². The van der Waals surface area contributed by atoms with Gasteiger partial charge in [0.25, 0.3) is 0 Å². The highest BCUT2D eigenvalue weighted by Gasteiger charge is 2.13. The van der Waals surface area contributed by atoms with Crippen molar-refractivity contribution in [3.8, 4) is 28.1 Å². The van der Waals surface area contributed by atoms with Gasteiger partial charge in [0.1, 0.15) is 12.4 Å². The summed E-state index contributed by atoms with van der Waals surface area (Å²) in [6.07, 6.45) is 9.24. The van der Waals surface area contributed by atoms with Gasteiger partial charge in [-0.05, 0) is 29.8 Å². The van der Waals surface area contributed by atoms with Crippen LogP contribution in [-0.2, 0) is 0 Å². The van der Waals surface area contributed by atoms with Gasteiger partial charge in [-0.15, -0.1) is 0 Å². The number of nitrogens with one attached hydrogen (secondary N) is 1. The van der Waals surface area contributed by atoms with E-state index in [1.54, 1.807) is 10.7 Å². The molecule has 0 radical (unpaired) electrons. The molecule has 1 fully saturated rings. The molecule has 0 unspecified atom stereocenters. The smallest absolute Gasteiger partial charge is 0.162 e. The molecule has 170 valence electrons. The minimum Gasteiger partial charge on any atom is -0.491 e. The van der Waals surface area contributed by atoms with Gasteiger partial charge in [0.15, 0.2) is 5.65 Å². The van der Waals surface area contributed by atoms with Gasteiger partial charge >= 0.3 is 0 Å². The molecule has 34 heavy (non-hydrogen) atoms. The second-order valence-corrected chi connectivity index (χ2v) is 8.36. The van der Waals surface area contributed by atoms with E-state index < -0.39 is 0 Å². The van der Waals surface area contributed by atoms with E-state index in [9.17, 15) is 0 Å². The van der Waals surface area contributed by atoms with Crippen molar-refractivity contribution in [2.24, 2.45) is 0 Å². The van der Waals surface area contributed by atoms with Crippen LogP contribution < -0.4 is 10.1 Å². The SMILES string of the molecule is c1cc(-c2cnn3cc(-c4ccc(OCCN5CCNCC5)cn4)cnc23)c2cccnc2c1. The molecule has 0 spiro atoms. The zero-order valence-electron chi connectivity index (χ0n) is 18.8. The van der Waals surface area contributed by atoms with E-state index in [2.05, 4.69) is 37.4 Å². The number of pyridine rings is 2. The Morgan fingerprint density at radius 3 is 2.71 bits per heavy atom. The fraction of sp³-hybridized carbons (Fsp3) is 0.231. The Kier molecular flexibility index (Phi) is 5.58. The van der Waals surface area contributed by atoms with Crippen molar-refractivity contribution in [1.82, 2.24) is 34.8 Å². The number of aromatic nitrogens is 5. The first kappa shape index (κ1) is 20.7. The summed E-state index contributed by atoms with van der Waals surface area (Å²) in [4.78, 5) is 16.2. The minimum absolute atomic E-state index is 0.661. The first-order valence-electron chi connectivity index (χ1n) is 11.5. The van der Waals surface area contributed by atoms with Crippen LogP contribution in [0.5, 0.6) is 5.75 Å². The summed E-state index contributed by atoms with van der Waals surface area (Å²) in [7, 11) is 0. The fourth-order valence-corrected chi connectivity index (χ4v) is 4.40. The van der Waals surface area contributed by atoms with Gasteiger partial charge in [0, 0.05) is 67.8 Å². The summed E-state index contributed by atoms with van der Waals surface area (Å²) >= 11 is 0. The maximum Gasteiger partial charge on any atom is 0.162 e. The zero-order valence-corrected chi connectivity index (χ0v) is 18.8. The quantitative estimate of drug-likeness (QED) is 0.424. The minimum atomic E-state index is 0.661. The predicted molar refractivity (Wildman–Crippen MR) is 132 cm³/mol. The molecule has 1 aliphatic heterocycles. The summed E-state index contributed by atoms with van der Waals surface area (Å²) in [5, 5.41) is 9.01. The molecule has 4 aromatic heterocycles. The Labute approximate surface area is 197 Å². The monoisotopic (exact) mass is 451 g/mol. The number of ether oxygens (including phenoxy) is 1. The molecule has 6 rings (SSSR count). The Balaban J connectivity index is 1.20. The molecule has 1 N–H and O–H groups in total. The van der Waals surface area contributed by atoms with Gasteiger partial charge in [-0.25, -0.2) is 9.50 Å². The molecule has 0 amide bonds. The van der Waals surface area contributed by atoms with E-state index in [0.717, 1.165) is 77.4 Å². The molecule has 0 bridgehead atoms. The van der Waals surface area contributed by atoms with Crippen molar-refractivity contribution in [1.29, 1.82) is 0 Å². The van der Waals surface area contributed by atoms with Crippen molar-refractivity contribution < 1.29 is 4.74 Å². The Hall–Kier alpha value is -3.88. The van der Waals surface area contributed by atoms with Crippen LogP contribution in [0.3, 0.4) is 0 Å². The van der Waals surface area contributed by atoms with Crippen molar-refractivity contribution in [2.75, 3.05) is 39.3 Å². The topological polar surface area (TPSA) is 80.5 Å². The highest BCUT2D eigenvalue weighted by Crippen LogP contribution is 2.30. The van der Waals surface area contributed by atoms with Gasteiger partial charge in [0.05, 0.1) is 23.6 Å². The summed E-state index contributed by atoms with van der Waals surface area (Å²) in [6.45, 7) is 5.83. The fourth-order valence-electron chi connectivity index (χ4n) is 4.40. The Bertz CT molecular complexity index is 1420. The second-order valence-electron chi connectivity index (χ2n) is 8.36. The maximum atomic E-state index is 5.89. The highest BCUT2D eigenvalue weighted by molar-refractivity contribution is 5.97. The summed E-state index contributed by atoms with van der Waals surface area (Å²) in [6, 6.07) is 14.1. The number of hydrogen-bond donors (Lipinski definition) is 1. The molecule has 8 heteroatoms. The van der Waals surface area contributed by atoms with Crippen LogP contribution in [0.15, 0.2) is 73.4 Å². The van der Waals surface area contributed by atoms with Gasteiger partial charge < -0.3 is 10.1 Å². The molecule has 1 aromatic carbocycles. The molecular weight excluding hydrogens is 426 g/mol. The molecule has 0 saturated carbocycles. The number of benzene rings is 1. The molecule has 1 saturated heterocycles. The van der Waals surface area contributed by atoms with Crippen molar-refractivity contribution in [3.63, 3.8) is 0 Å². The molecule has 5 aromatic rings. The lowest BCUT2D eigenvalue weighted by Crippen LogP contribution is -2.44. The molecule has 0 atom stereocenters. The molecule has 0 aliphatic carbocycles. The van der Waals surface area contributed by atoms with Crippen LogP contribution in [-0.4, -0.2) is 68.8 Å².